The molecule has 0 unspecified atom stereocenters. The molecule has 0 N–H and O–H groups in total. The molecule has 4 nitrogen and oxygen atoms in total. The number of para-hydroxylation sites is 2. The summed E-state index contributed by atoms with van der Waals surface area (Å²) in [5, 5.41) is 7.82. The Labute approximate surface area is 298 Å². The van der Waals surface area contributed by atoms with Gasteiger partial charge in [0.15, 0.2) is 11.4 Å². The molecule has 0 fully saturated rings. The van der Waals surface area contributed by atoms with E-state index in [2.05, 4.69) is 140 Å². The molecule has 3 aromatic heterocycles. The molecule has 0 saturated carbocycles. The van der Waals surface area contributed by atoms with E-state index >= 15 is 0 Å². The number of fused-ring (bicyclic) bond motifs is 8. The summed E-state index contributed by atoms with van der Waals surface area (Å²) in [4.78, 5) is 10.5. The molecule has 4 heteroatoms. The highest BCUT2D eigenvalue weighted by molar-refractivity contribution is 6.17. The number of aromatic nitrogens is 2. The fourth-order valence-corrected chi connectivity index (χ4v) is 7.66. The van der Waals surface area contributed by atoms with Crippen LogP contribution < -0.4 is 0 Å². The van der Waals surface area contributed by atoms with Gasteiger partial charge in [0.1, 0.15) is 28.0 Å². The molecule has 0 amide bonds. The van der Waals surface area contributed by atoms with Gasteiger partial charge in [-0.15, -0.1) is 0 Å². The van der Waals surface area contributed by atoms with Crippen LogP contribution in [0.1, 0.15) is 0 Å². The van der Waals surface area contributed by atoms with Gasteiger partial charge in [-0.05, 0) is 86.3 Å². The molecule has 0 spiro atoms. The minimum atomic E-state index is 0.635. The van der Waals surface area contributed by atoms with Gasteiger partial charge >= 0.3 is 0 Å². The molecule has 0 atom stereocenters. The Morgan fingerprint density at radius 3 is 1.63 bits per heavy atom. The molecular formula is C48H28N2O2. The number of hydrogen-bond donors (Lipinski definition) is 0. The number of hydrogen-bond acceptors (Lipinski definition) is 4. The van der Waals surface area contributed by atoms with Gasteiger partial charge in [-0.2, -0.15) is 0 Å². The Hall–Kier alpha value is -7.04. The lowest BCUT2D eigenvalue weighted by atomic mass is 9.95. The summed E-state index contributed by atoms with van der Waals surface area (Å²) >= 11 is 0. The average molecular weight is 665 g/mol. The summed E-state index contributed by atoms with van der Waals surface area (Å²) in [6, 6.07) is 59.3. The first kappa shape index (κ1) is 28.8. The van der Waals surface area contributed by atoms with E-state index in [1.807, 2.05) is 30.3 Å². The van der Waals surface area contributed by atoms with Crippen molar-refractivity contribution >= 4 is 65.6 Å². The van der Waals surface area contributed by atoms with E-state index in [9.17, 15) is 0 Å². The third-order valence-corrected chi connectivity index (χ3v) is 10.3. The molecule has 3 heterocycles. The zero-order chi connectivity index (χ0) is 34.2. The van der Waals surface area contributed by atoms with Crippen molar-refractivity contribution in [2.75, 3.05) is 0 Å². The van der Waals surface area contributed by atoms with Gasteiger partial charge in [0.05, 0.1) is 0 Å². The van der Waals surface area contributed by atoms with Crippen molar-refractivity contribution < 1.29 is 8.83 Å². The second-order valence-corrected chi connectivity index (χ2v) is 13.4. The Balaban J connectivity index is 1.15. The topological polar surface area (TPSA) is 52.1 Å². The first-order valence-corrected chi connectivity index (χ1v) is 17.5. The molecule has 242 valence electrons. The molecule has 0 aliphatic carbocycles. The quantitative estimate of drug-likeness (QED) is 0.188. The Kier molecular flexibility index (Phi) is 6.22. The van der Waals surface area contributed by atoms with Crippen LogP contribution in [0.25, 0.3) is 110 Å². The van der Waals surface area contributed by atoms with E-state index in [1.165, 1.54) is 27.1 Å². The second kappa shape index (κ2) is 11.2. The smallest absolute Gasteiger partial charge is 0.180 e. The number of nitrogens with zero attached hydrogens (tertiary/aromatic N) is 2. The molecule has 0 saturated heterocycles. The molecule has 8 aromatic carbocycles. The standard InChI is InChI=1S/C48H28N2O2/c1-3-11-33-25-35(23-19-29(33)9-1)31-17-21-32(22-18-31)48-49-45-39-14-6-8-16-42(39)52-47(45)46(50-48)40-27-37(36-24-20-30-10-2-4-12-34(30)26-36)28-43-44(40)38-13-5-7-15-41(38)51-43/h1-28H. The van der Waals surface area contributed by atoms with Crippen LogP contribution in [0.5, 0.6) is 0 Å². The SMILES string of the molecule is c1ccc2cc(-c3ccc(-c4nc(-c5cc(-c6ccc7ccccc7c6)cc6oc7ccccc7c56)c5oc6ccccc6c5n4)cc3)ccc2c1. The number of furan rings is 2. The van der Waals surface area contributed by atoms with Crippen LogP contribution in [0.15, 0.2) is 179 Å². The van der Waals surface area contributed by atoms with Crippen LogP contribution in [-0.2, 0) is 0 Å². The van der Waals surface area contributed by atoms with Gasteiger partial charge < -0.3 is 8.83 Å². The van der Waals surface area contributed by atoms with Crippen molar-refractivity contribution in [2.24, 2.45) is 0 Å². The molecular weight excluding hydrogens is 637 g/mol. The molecule has 0 bridgehead atoms. The lowest BCUT2D eigenvalue weighted by molar-refractivity contribution is 0.667. The van der Waals surface area contributed by atoms with Crippen LogP contribution in [0.2, 0.25) is 0 Å². The van der Waals surface area contributed by atoms with Crippen LogP contribution in [0, 0.1) is 0 Å². The summed E-state index contributed by atoms with van der Waals surface area (Å²) in [5.74, 6) is 0.635. The summed E-state index contributed by atoms with van der Waals surface area (Å²) in [5.41, 5.74) is 10.9. The van der Waals surface area contributed by atoms with Crippen molar-refractivity contribution in [1.82, 2.24) is 9.97 Å². The van der Waals surface area contributed by atoms with Crippen molar-refractivity contribution in [2.45, 2.75) is 0 Å². The van der Waals surface area contributed by atoms with E-state index in [0.717, 1.165) is 71.9 Å². The average Bonchev–Trinajstić information content (AvgIpc) is 3.78. The van der Waals surface area contributed by atoms with Crippen molar-refractivity contribution in [3.8, 4) is 44.9 Å². The van der Waals surface area contributed by atoms with E-state index in [0.29, 0.717) is 11.4 Å². The van der Waals surface area contributed by atoms with Crippen molar-refractivity contribution in [3.63, 3.8) is 0 Å². The van der Waals surface area contributed by atoms with Crippen LogP contribution in [-0.4, -0.2) is 9.97 Å². The third-order valence-electron chi connectivity index (χ3n) is 10.3. The minimum Gasteiger partial charge on any atom is -0.456 e. The monoisotopic (exact) mass is 664 g/mol. The molecule has 11 rings (SSSR count). The van der Waals surface area contributed by atoms with Gasteiger partial charge in [0.2, 0.25) is 0 Å². The Bertz CT molecular complexity index is 3190. The second-order valence-electron chi connectivity index (χ2n) is 13.4. The van der Waals surface area contributed by atoms with E-state index in [1.54, 1.807) is 0 Å². The maximum absolute atomic E-state index is 6.63. The minimum absolute atomic E-state index is 0.635. The van der Waals surface area contributed by atoms with Crippen LogP contribution in [0.3, 0.4) is 0 Å². The lowest BCUT2D eigenvalue weighted by Crippen LogP contribution is -1.95. The fraction of sp³-hybridized carbons (Fsp3) is 0. The maximum atomic E-state index is 6.63. The summed E-state index contributed by atoms with van der Waals surface area (Å²) < 4.78 is 13.2. The molecule has 0 aliphatic rings. The zero-order valence-corrected chi connectivity index (χ0v) is 27.9. The first-order chi connectivity index (χ1) is 25.7. The van der Waals surface area contributed by atoms with E-state index < -0.39 is 0 Å². The number of rotatable bonds is 4. The molecule has 52 heavy (non-hydrogen) atoms. The first-order valence-electron chi connectivity index (χ1n) is 17.5. The molecule has 0 aliphatic heterocycles. The molecule has 0 radical (unpaired) electrons. The third kappa shape index (κ3) is 4.55. The normalized spacial score (nSPS) is 11.8. The largest absolute Gasteiger partial charge is 0.456 e. The number of benzene rings is 8. The fourth-order valence-electron chi connectivity index (χ4n) is 7.66. The predicted octanol–water partition coefficient (Wildman–Crippen LogP) is 13.2. The van der Waals surface area contributed by atoms with Gasteiger partial charge in [-0.25, -0.2) is 9.97 Å². The Morgan fingerprint density at radius 1 is 0.365 bits per heavy atom. The molecule has 11 aromatic rings. The summed E-state index contributed by atoms with van der Waals surface area (Å²) in [6.07, 6.45) is 0. The maximum Gasteiger partial charge on any atom is 0.180 e. The summed E-state index contributed by atoms with van der Waals surface area (Å²) in [7, 11) is 0. The van der Waals surface area contributed by atoms with Gasteiger partial charge in [0.25, 0.3) is 0 Å². The van der Waals surface area contributed by atoms with Crippen molar-refractivity contribution in [3.05, 3.63) is 170 Å². The lowest BCUT2D eigenvalue weighted by Gasteiger charge is -2.11. The van der Waals surface area contributed by atoms with Crippen LogP contribution in [0.4, 0.5) is 0 Å². The van der Waals surface area contributed by atoms with Gasteiger partial charge in [-0.1, -0.05) is 127 Å². The predicted molar refractivity (Wildman–Crippen MR) is 213 cm³/mol. The van der Waals surface area contributed by atoms with Gasteiger partial charge in [0, 0.05) is 27.3 Å². The summed E-state index contributed by atoms with van der Waals surface area (Å²) in [6.45, 7) is 0. The highest BCUT2D eigenvalue weighted by Gasteiger charge is 2.23. The van der Waals surface area contributed by atoms with Crippen molar-refractivity contribution in [1.29, 1.82) is 0 Å². The van der Waals surface area contributed by atoms with Gasteiger partial charge in [-0.3, -0.25) is 0 Å². The van der Waals surface area contributed by atoms with Crippen LogP contribution >= 0.6 is 0 Å². The van der Waals surface area contributed by atoms with E-state index in [-0.39, 0.29) is 0 Å². The van der Waals surface area contributed by atoms with E-state index in [4.69, 9.17) is 18.8 Å². The Morgan fingerprint density at radius 2 is 0.923 bits per heavy atom. The highest BCUT2D eigenvalue weighted by atomic mass is 16.3. The zero-order valence-electron chi connectivity index (χ0n) is 27.9. The highest BCUT2D eigenvalue weighted by Crippen LogP contribution is 2.44.